The smallest absolute Gasteiger partial charge is 0.255 e. The maximum Gasteiger partial charge on any atom is 0.255 e. The molecule has 0 bridgehead atoms. The predicted molar refractivity (Wildman–Crippen MR) is 123 cm³/mol. The molecule has 0 aliphatic carbocycles. The van der Waals surface area contributed by atoms with Crippen molar-refractivity contribution in [1.82, 2.24) is 15.2 Å². The Balaban J connectivity index is 1.38. The Hall–Kier alpha value is -3.10. The van der Waals surface area contributed by atoms with Gasteiger partial charge in [0.05, 0.1) is 40.9 Å². The Morgan fingerprint density at radius 1 is 1.10 bits per heavy atom. The number of para-hydroxylation sites is 1. The van der Waals surface area contributed by atoms with Gasteiger partial charge < -0.3 is 14.6 Å². The summed E-state index contributed by atoms with van der Waals surface area (Å²) in [5, 5.41) is 3.70. The number of thiazole rings is 1. The molecule has 0 fully saturated rings. The third-order valence-corrected chi connectivity index (χ3v) is 6.67. The Bertz CT molecular complexity index is 1150. The van der Waals surface area contributed by atoms with Crippen LogP contribution in [0.25, 0.3) is 10.2 Å². The number of furan rings is 1. The first-order valence-corrected chi connectivity index (χ1v) is 11.5. The molecule has 0 spiro atoms. The lowest BCUT2D eigenvalue weighted by Gasteiger charge is -2.17. The van der Waals surface area contributed by atoms with Gasteiger partial charge in [-0.3, -0.25) is 9.59 Å². The molecule has 2 aromatic heterocycles. The van der Waals surface area contributed by atoms with E-state index < -0.39 is 0 Å². The molecule has 0 unspecified atom stereocenters. The van der Waals surface area contributed by atoms with Crippen LogP contribution in [0.4, 0.5) is 0 Å². The van der Waals surface area contributed by atoms with Crippen LogP contribution in [0, 0.1) is 0 Å². The molecule has 0 atom stereocenters. The largest absolute Gasteiger partial charge is 0.467 e. The summed E-state index contributed by atoms with van der Waals surface area (Å²) in [5.41, 5.74) is 1.52. The molecule has 0 aliphatic rings. The van der Waals surface area contributed by atoms with E-state index in [1.807, 2.05) is 48.5 Å². The van der Waals surface area contributed by atoms with Crippen molar-refractivity contribution in [3.05, 3.63) is 83.3 Å². The minimum absolute atomic E-state index is 0.0988. The predicted octanol–water partition coefficient (Wildman–Crippen LogP) is 4.57. The van der Waals surface area contributed by atoms with Gasteiger partial charge in [0.2, 0.25) is 5.91 Å². The number of amides is 2. The van der Waals surface area contributed by atoms with Crippen molar-refractivity contribution in [2.75, 3.05) is 12.8 Å². The first-order chi connectivity index (χ1) is 15.1. The van der Waals surface area contributed by atoms with Crippen molar-refractivity contribution in [3.8, 4) is 0 Å². The molecule has 4 aromatic rings. The molecule has 0 saturated heterocycles. The van der Waals surface area contributed by atoms with Crippen molar-refractivity contribution >= 4 is 45.1 Å². The molecule has 31 heavy (non-hydrogen) atoms. The topological polar surface area (TPSA) is 75.4 Å². The average molecular weight is 452 g/mol. The number of rotatable bonds is 8. The van der Waals surface area contributed by atoms with Crippen LogP contribution in [0.15, 0.2) is 76.2 Å². The van der Waals surface area contributed by atoms with Gasteiger partial charge in [-0.25, -0.2) is 4.98 Å². The van der Waals surface area contributed by atoms with Gasteiger partial charge >= 0.3 is 0 Å². The minimum Gasteiger partial charge on any atom is -0.467 e. The van der Waals surface area contributed by atoms with Crippen molar-refractivity contribution in [2.24, 2.45) is 0 Å². The number of fused-ring (bicyclic) bond motifs is 1. The van der Waals surface area contributed by atoms with Crippen LogP contribution in [0.1, 0.15) is 21.1 Å². The molecule has 2 aromatic carbocycles. The molecule has 2 amide bonds. The lowest BCUT2D eigenvalue weighted by Crippen LogP contribution is -2.27. The maximum absolute atomic E-state index is 13.1. The molecule has 0 radical (unpaired) electrons. The van der Waals surface area contributed by atoms with Gasteiger partial charge in [-0.2, -0.15) is 0 Å². The Kier molecular flexibility index (Phi) is 6.69. The molecule has 0 aliphatic heterocycles. The minimum atomic E-state index is -0.119. The highest BCUT2D eigenvalue weighted by molar-refractivity contribution is 8.00. The summed E-state index contributed by atoms with van der Waals surface area (Å²) in [6, 6.07) is 18.9. The lowest BCUT2D eigenvalue weighted by molar-refractivity contribution is -0.118. The van der Waals surface area contributed by atoms with Gasteiger partial charge in [-0.05, 0) is 36.4 Å². The Labute approximate surface area is 188 Å². The number of aromatic nitrogens is 1. The van der Waals surface area contributed by atoms with E-state index >= 15 is 0 Å². The first-order valence-electron chi connectivity index (χ1n) is 9.71. The summed E-state index contributed by atoms with van der Waals surface area (Å²) in [7, 11) is 1.77. The van der Waals surface area contributed by atoms with Crippen LogP contribution in [-0.4, -0.2) is 34.5 Å². The SMILES string of the molecule is CN(Cc1nc2ccccc2s1)C(=O)c1ccccc1SCC(=O)NCc1ccco1. The van der Waals surface area contributed by atoms with Crippen LogP contribution in [-0.2, 0) is 17.9 Å². The zero-order chi connectivity index (χ0) is 21.6. The quantitative estimate of drug-likeness (QED) is 0.397. The summed E-state index contributed by atoms with van der Waals surface area (Å²) in [6.07, 6.45) is 1.57. The fraction of sp³-hybridized carbons (Fsp3) is 0.174. The monoisotopic (exact) mass is 451 g/mol. The summed E-state index contributed by atoms with van der Waals surface area (Å²) in [4.78, 5) is 32.3. The summed E-state index contributed by atoms with van der Waals surface area (Å²) in [6.45, 7) is 0.776. The number of benzene rings is 2. The van der Waals surface area contributed by atoms with E-state index in [0.29, 0.717) is 24.4 Å². The molecular weight excluding hydrogens is 430 g/mol. The number of carbonyl (C=O) groups excluding carboxylic acids is 2. The summed E-state index contributed by atoms with van der Waals surface area (Å²) < 4.78 is 6.32. The number of nitrogens with one attached hydrogen (secondary N) is 1. The van der Waals surface area contributed by atoms with Crippen molar-refractivity contribution in [1.29, 1.82) is 0 Å². The van der Waals surface area contributed by atoms with E-state index in [0.717, 1.165) is 20.1 Å². The van der Waals surface area contributed by atoms with E-state index in [9.17, 15) is 9.59 Å². The fourth-order valence-corrected chi connectivity index (χ4v) is 4.93. The second kappa shape index (κ2) is 9.80. The molecular formula is C23H21N3O3S2. The number of hydrogen-bond donors (Lipinski definition) is 1. The van der Waals surface area contributed by atoms with E-state index in [4.69, 9.17) is 4.42 Å². The lowest BCUT2D eigenvalue weighted by atomic mass is 10.2. The zero-order valence-corrected chi connectivity index (χ0v) is 18.5. The normalized spacial score (nSPS) is 10.9. The standard InChI is InChI=1S/C23H21N3O3S2/c1-26(14-22-25-18-9-3-5-11-20(18)31-22)23(28)17-8-2-4-10-19(17)30-15-21(27)24-13-16-7-6-12-29-16/h2-12H,13-15H2,1H3,(H,24,27). The zero-order valence-electron chi connectivity index (χ0n) is 16.9. The van der Waals surface area contributed by atoms with Crippen molar-refractivity contribution < 1.29 is 14.0 Å². The van der Waals surface area contributed by atoms with Crippen LogP contribution in [0.2, 0.25) is 0 Å². The molecule has 2 heterocycles. The highest BCUT2D eigenvalue weighted by Gasteiger charge is 2.18. The van der Waals surface area contributed by atoms with Crippen LogP contribution in [0.5, 0.6) is 0 Å². The van der Waals surface area contributed by atoms with Crippen LogP contribution < -0.4 is 5.32 Å². The van der Waals surface area contributed by atoms with E-state index in [-0.39, 0.29) is 17.6 Å². The van der Waals surface area contributed by atoms with E-state index in [1.54, 1.807) is 41.7 Å². The number of nitrogens with zero attached hydrogens (tertiary/aromatic N) is 2. The number of carbonyl (C=O) groups is 2. The third-order valence-electron chi connectivity index (χ3n) is 4.57. The van der Waals surface area contributed by atoms with E-state index in [2.05, 4.69) is 10.3 Å². The third kappa shape index (κ3) is 5.34. The second-order valence-electron chi connectivity index (χ2n) is 6.88. The molecule has 0 saturated carbocycles. The summed E-state index contributed by atoms with van der Waals surface area (Å²) in [5.74, 6) is 0.697. The van der Waals surface area contributed by atoms with Gasteiger partial charge in [0.15, 0.2) is 0 Å². The van der Waals surface area contributed by atoms with E-state index in [1.165, 1.54) is 11.8 Å². The number of hydrogen-bond acceptors (Lipinski definition) is 6. The second-order valence-corrected chi connectivity index (χ2v) is 9.01. The Morgan fingerprint density at radius 2 is 1.90 bits per heavy atom. The van der Waals surface area contributed by atoms with Gasteiger partial charge in [0.1, 0.15) is 10.8 Å². The first kappa shape index (κ1) is 21.1. The van der Waals surface area contributed by atoms with Crippen LogP contribution >= 0.6 is 23.1 Å². The molecule has 6 nitrogen and oxygen atoms in total. The van der Waals surface area contributed by atoms with Gasteiger partial charge in [0, 0.05) is 11.9 Å². The fourth-order valence-electron chi connectivity index (χ4n) is 3.03. The molecule has 1 N–H and O–H groups in total. The molecule has 4 rings (SSSR count). The maximum atomic E-state index is 13.1. The molecule has 8 heteroatoms. The van der Waals surface area contributed by atoms with Gasteiger partial charge in [0.25, 0.3) is 5.91 Å². The Morgan fingerprint density at radius 3 is 2.71 bits per heavy atom. The van der Waals surface area contributed by atoms with Gasteiger partial charge in [-0.15, -0.1) is 23.1 Å². The van der Waals surface area contributed by atoms with Crippen molar-refractivity contribution in [3.63, 3.8) is 0 Å². The highest BCUT2D eigenvalue weighted by atomic mass is 32.2. The molecule has 158 valence electrons. The van der Waals surface area contributed by atoms with Crippen molar-refractivity contribution in [2.45, 2.75) is 18.0 Å². The summed E-state index contributed by atoms with van der Waals surface area (Å²) >= 11 is 2.94. The highest BCUT2D eigenvalue weighted by Crippen LogP contribution is 2.26. The van der Waals surface area contributed by atoms with Gasteiger partial charge in [-0.1, -0.05) is 24.3 Å². The van der Waals surface area contributed by atoms with Crippen LogP contribution in [0.3, 0.4) is 0 Å². The average Bonchev–Trinajstić information content (AvgIpc) is 3.45. The number of thioether (sulfide) groups is 1.